The van der Waals surface area contributed by atoms with Gasteiger partial charge in [-0.05, 0) is 12.5 Å². The number of hydrogen-bond acceptors (Lipinski definition) is 3. The molecule has 0 bridgehead atoms. The van der Waals surface area contributed by atoms with Gasteiger partial charge in [0.15, 0.2) is 17.4 Å². The first kappa shape index (κ1) is 12.7. The first-order valence-corrected chi connectivity index (χ1v) is 5.25. The van der Waals surface area contributed by atoms with Crippen LogP contribution in [0.2, 0.25) is 0 Å². The van der Waals surface area contributed by atoms with Gasteiger partial charge >= 0.3 is 0 Å². The summed E-state index contributed by atoms with van der Waals surface area (Å²) >= 11 is 0. The maximum Gasteiger partial charge on any atom is 0.257 e. The van der Waals surface area contributed by atoms with Gasteiger partial charge in [0.2, 0.25) is 5.82 Å². The van der Waals surface area contributed by atoms with E-state index >= 15 is 0 Å². The number of likely N-dealkylation sites (tertiary alicyclic amines) is 1. The van der Waals surface area contributed by atoms with Gasteiger partial charge in [-0.3, -0.25) is 4.79 Å². The van der Waals surface area contributed by atoms with E-state index in [0.717, 1.165) is 4.90 Å². The Balaban J connectivity index is 2.37. The predicted molar refractivity (Wildman–Crippen MR) is 54.5 cm³/mol. The number of phenolic OH excluding ortho intramolecular Hbond substituents is 1. The lowest BCUT2D eigenvalue weighted by Crippen LogP contribution is -2.30. The van der Waals surface area contributed by atoms with Crippen LogP contribution in [0, 0.1) is 17.5 Å². The van der Waals surface area contributed by atoms with Crippen LogP contribution in [-0.2, 0) is 0 Å². The molecule has 0 aromatic heterocycles. The van der Waals surface area contributed by atoms with Crippen molar-refractivity contribution in [3.63, 3.8) is 0 Å². The SMILES string of the molecule is O=C(c1cc(F)c(F)c(O)c1F)N1CC[C@H](O)C1. The second kappa shape index (κ2) is 4.49. The number of β-amino-alcohol motifs (C(OH)–C–C–N with tert-alkyl or cyclic N) is 1. The Morgan fingerprint density at radius 3 is 2.56 bits per heavy atom. The number of carbonyl (C=O) groups excluding carboxylic acids is 1. The van der Waals surface area contributed by atoms with Gasteiger partial charge < -0.3 is 15.1 Å². The van der Waals surface area contributed by atoms with Crippen molar-refractivity contribution in [3.8, 4) is 5.75 Å². The lowest BCUT2D eigenvalue weighted by Gasteiger charge is -2.16. The van der Waals surface area contributed by atoms with E-state index in [1.54, 1.807) is 0 Å². The molecule has 4 nitrogen and oxygen atoms in total. The Morgan fingerprint density at radius 2 is 2.00 bits per heavy atom. The van der Waals surface area contributed by atoms with Gasteiger partial charge in [0.1, 0.15) is 0 Å². The topological polar surface area (TPSA) is 60.8 Å². The Bertz CT molecular complexity index is 507. The van der Waals surface area contributed by atoms with E-state index in [1.165, 1.54) is 0 Å². The van der Waals surface area contributed by atoms with Crippen LogP contribution in [0.4, 0.5) is 13.2 Å². The van der Waals surface area contributed by atoms with Gasteiger partial charge in [0.25, 0.3) is 5.91 Å². The molecule has 1 aliphatic rings. The molecule has 98 valence electrons. The summed E-state index contributed by atoms with van der Waals surface area (Å²) in [7, 11) is 0. The van der Waals surface area contributed by atoms with Crippen molar-refractivity contribution >= 4 is 5.91 Å². The average molecular weight is 261 g/mol. The molecule has 1 aromatic carbocycles. The third-order valence-electron chi connectivity index (χ3n) is 2.81. The smallest absolute Gasteiger partial charge is 0.257 e. The van der Waals surface area contributed by atoms with E-state index < -0.39 is 40.8 Å². The Hall–Kier alpha value is -1.76. The lowest BCUT2D eigenvalue weighted by atomic mass is 10.1. The molecule has 1 amide bonds. The summed E-state index contributed by atoms with van der Waals surface area (Å²) in [6.07, 6.45) is -0.376. The van der Waals surface area contributed by atoms with E-state index in [9.17, 15) is 23.1 Å². The van der Waals surface area contributed by atoms with Crippen molar-refractivity contribution in [3.05, 3.63) is 29.1 Å². The van der Waals surface area contributed by atoms with Crippen LogP contribution in [0.5, 0.6) is 5.75 Å². The van der Waals surface area contributed by atoms with Gasteiger partial charge in [-0.2, -0.15) is 4.39 Å². The average Bonchev–Trinajstić information content (AvgIpc) is 2.77. The lowest BCUT2D eigenvalue weighted by molar-refractivity contribution is 0.0758. The summed E-state index contributed by atoms with van der Waals surface area (Å²) in [6, 6.07) is 0.400. The third kappa shape index (κ3) is 2.01. The molecule has 18 heavy (non-hydrogen) atoms. The molecule has 0 saturated carbocycles. The van der Waals surface area contributed by atoms with Crippen molar-refractivity contribution < 1.29 is 28.2 Å². The summed E-state index contributed by atoms with van der Waals surface area (Å²) in [6.45, 7) is 0.192. The highest BCUT2D eigenvalue weighted by atomic mass is 19.2. The summed E-state index contributed by atoms with van der Waals surface area (Å²) in [4.78, 5) is 12.9. The molecule has 0 spiro atoms. The number of aliphatic hydroxyl groups excluding tert-OH is 1. The van der Waals surface area contributed by atoms with Crippen molar-refractivity contribution in [2.24, 2.45) is 0 Å². The van der Waals surface area contributed by atoms with Crippen LogP contribution >= 0.6 is 0 Å². The number of aromatic hydroxyl groups is 1. The fraction of sp³-hybridized carbons (Fsp3) is 0.364. The number of carbonyl (C=O) groups is 1. The highest BCUT2D eigenvalue weighted by Gasteiger charge is 2.30. The first-order valence-electron chi connectivity index (χ1n) is 5.25. The third-order valence-corrected chi connectivity index (χ3v) is 2.81. The van der Waals surface area contributed by atoms with Gasteiger partial charge in [-0.1, -0.05) is 0 Å². The minimum Gasteiger partial charge on any atom is -0.503 e. The number of nitrogens with zero attached hydrogens (tertiary/aromatic N) is 1. The van der Waals surface area contributed by atoms with Crippen molar-refractivity contribution in [2.75, 3.05) is 13.1 Å². The Morgan fingerprint density at radius 1 is 1.33 bits per heavy atom. The molecule has 0 radical (unpaired) electrons. The van der Waals surface area contributed by atoms with E-state index in [4.69, 9.17) is 5.11 Å². The molecule has 1 aromatic rings. The molecule has 2 N–H and O–H groups in total. The molecular formula is C11H10F3NO3. The molecule has 1 saturated heterocycles. The number of aliphatic hydroxyl groups is 1. The van der Waals surface area contributed by atoms with Crippen molar-refractivity contribution in [1.29, 1.82) is 0 Å². The summed E-state index contributed by atoms with van der Waals surface area (Å²) in [5.74, 6) is -7.14. The predicted octanol–water partition coefficient (Wildman–Crippen LogP) is 1.02. The van der Waals surface area contributed by atoms with E-state index in [-0.39, 0.29) is 13.1 Å². The number of halogens is 3. The van der Waals surface area contributed by atoms with Crippen LogP contribution in [0.15, 0.2) is 6.07 Å². The highest BCUT2D eigenvalue weighted by molar-refractivity contribution is 5.95. The molecule has 1 fully saturated rings. The summed E-state index contributed by atoms with van der Waals surface area (Å²) in [5, 5.41) is 18.2. The molecule has 1 atom stereocenters. The minimum absolute atomic E-state index is 0.00195. The zero-order chi connectivity index (χ0) is 13.4. The standard InChI is InChI=1S/C11H10F3NO3/c12-7-3-6(8(13)10(17)9(7)14)11(18)15-2-1-5(16)4-15/h3,5,16-17H,1-2,4H2/t5-/m0/s1. The minimum atomic E-state index is -1.73. The van der Waals surface area contributed by atoms with E-state index in [2.05, 4.69) is 0 Å². The second-order valence-electron chi connectivity index (χ2n) is 4.08. The molecule has 2 rings (SSSR count). The molecule has 1 heterocycles. The number of rotatable bonds is 1. The van der Waals surface area contributed by atoms with E-state index in [0.29, 0.717) is 12.5 Å². The van der Waals surface area contributed by atoms with Gasteiger partial charge in [-0.25, -0.2) is 8.78 Å². The van der Waals surface area contributed by atoms with Crippen LogP contribution < -0.4 is 0 Å². The maximum absolute atomic E-state index is 13.5. The van der Waals surface area contributed by atoms with Gasteiger partial charge in [-0.15, -0.1) is 0 Å². The Kier molecular flexibility index (Phi) is 3.16. The molecule has 1 aliphatic heterocycles. The largest absolute Gasteiger partial charge is 0.503 e. The Labute approximate surface area is 100 Å². The zero-order valence-electron chi connectivity index (χ0n) is 9.16. The number of phenols is 1. The number of benzene rings is 1. The van der Waals surface area contributed by atoms with Gasteiger partial charge in [0, 0.05) is 13.1 Å². The molecule has 7 heteroatoms. The van der Waals surface area contributed by atoms with Crippen LogP contribution in [-0.4, -0.2) is 40.2 Å². The maximum atomic E-state index is 13.5. The monoisotopic (exact) mass is 261 g/mol. The van der Waals surface area contributed by atoms with Crippen molar-refractivity contribution in [2.45, 2.75) is 12.5 Å². The fourth-order valence-electron chi connectivity index (χ4n) is 1.84. The molecular weight excluding hydrogens is 251 g/mol. The quantitative estimate of drug-likeness (QED) is 0.742. The summed E-state index contributed by atoms with van der Waals surface area (Å²) in [5.41, 5.74) is -0.750. The molecule has 0 aliphatic carbocycles. The van der Waals surface area contributed by atoms with Crippen molar-refractivity contribution in [1.82, 2.24) is 4.90 Å². The second-order valence-corrected chi connectivity index (χ2v) is 4.08. The number of amides is 1. The van der Waals surface area contributed by atoms with E-state index in [1.807, 2.05) is 0 Å². The van der Waals surface area contributed by atoms with Crippen LogP contribution in [0.3, 0.4) is 0 Å². The first-order chi connectivity index (χ1) is 8.41. The summed E-state index contributed by atoms with van der Waals surface area (Å²) < 4.78 is 39.3. The zero-order valence-corrected chi connectivity index (χ0v) is 9.16. The van der Waals surface area contributed by atoms with Gasteiger partial charge in [0.05, 0.1) is 11.7 Å². The van der Waals surface area contributed by atoms with Crippen LogP contribution in [0.25, 0.3) is 0 Å². The molecule has 0 unspecified atom stereocenters. The highest BCUT2D eigenvalue weighted by Crippen LogP contribution is 2.27. The fourth-order valence-corrected chi connectivity index (χ4v) is 1.84. The normalized spacial score (nSPS) is 19.3. The van der Waals surface area contributed by atoms with Crippen LogP contribution in [0.1, 0.15) is 16.8 Å². The number of hydrogen-bond donors (Lipinski definition) is 2.